The van der Waals surface area contributed by atoms with E-state index in [1.54, 1.807) is 31.2 Å². The highest BCUT2D eigenvalue weighted by Gasteiger charge is 2.16. The van der Waals surface area contributed by atoms with Crippen LogP contribution < -0.4 is 10.1 Å². The van der Waals surface area contributed by atoms with Gasteiger partial charge in [-0.15, -0.1) is 11.3 Å². The molecule has 1 heterocycles. The molecule has 0 atom stereocenters. The normalized spacial score (nSPS) is 10.5. The average molecular weight is 380 g/mol. The standard InChI is InChI=1S/C21H20N2O3S/c1-13-7-9-18(10-8-13)26-12-19-22-14(2)20(27-19)21(25)23-17-6-4-5-16(11-17)15(3)24/h4-11H,12H2,1-3H3,(H,23,25). The number of ketones is 1. The Morgan fingerprint density at radius 1 is 1.11 bits per heavy atom. The molecule has 0 radical (unpaired) electrons. The van der Waals surface area contributed by atoms with Crippen molar-refractivity contribution in [1.82, 2.24) is 4.98 Å². The number of Topliss-reactive ketones (excluding diaryl/α,β-unsaturated/α-hetero) is 1. The van der Waals surface area contributed by atoms with Gasteiger partial charge in [-0.2, -0.15) is 0 Å². The average Bonchev–Trinajstić information content (AvgIpc) is 3.02. The molecule has 5 nitrogen and oxygen atoms in total. The van der Waals surface area contributed by atoms with Gasteiger partial charge in [-0.3, -0.25) is 9.59 Å². The van der Waals surface area contributed by atoms with E-state index in [0.29, 0.717) is 28.4 Å². The van der Waals surface area contributed by atoms with Crippen molar-refractivity contribution in [3.63, 3.8) is 0 Å². The first-order valence-corrected chi connectivity index (χ1v) is 9.32. The highest BCUT2D eigenvalue weighted by molar-refractivity contribution is 7.13. The molecule has 138 valence electrons. The molecule has 0 unspecified atom stereocenters. The number of hydrogen-bond acceptors (Lipinski definition) is 5. The number of amides is 1. The molecule has 0 bridgehead atoms. The molecule has 3 aromatic rings. The Morgan fingerprint density at radius 2 is 1.85 bits per heavy atom. The third-order valence-electron chi connectivity index (χ3n) is 3.96. The zero-order valence-corrected chi connectivity index (χ0v) is 16.2. The third kappa shape index (κ3) is 4.80. The second-order valence-corrected chi connectivity index (χ2v) is 7.30. The number of hydrogen-bond donors (Lipinski definition) is 1. The van der Waals surface area contributed by atoms with Crippen LogP contribution in [0.15, 0.2) is 48.5 Å². The van der Waals surface area contributed by atoms with Crippen LogP contribution in [0, 0.1) is 13.8 Å². The van der Waals surface area contributed by atoms with Crippen molar-refractivity contribution in [1.29, 1.82) is 0 Å². The number of aromatic nitrogens is 1. The molecule has 2 aromatic carbocycles. The number of carbonyl (C=O) groups is 2. The molecule has 6 heteroatoms. The van der Waals surface area contributed by atoms with E-state index in [0.717, 1.165) is 10.8 Å². The van der Waals surface area contributed by atoms with Crippen LogP contribution in [0.25, 0.3) is 0 Å². The summed E-state index contributed by atoms with van der Waals surface area (Å²) in [4.78, 5) is 29.0. The summed E-state index contributed by atoms with van der Waals surface area (Å²) in [6, 6.07) is 14.7. The summed E-state index contributed by atoms with van der Waals surface area (Å²) >= 11 is 1.30. The van der Waals surface area contributed by atoms with Crippen LogP contribution in [-0.4, -0.2) is 16.7 Å². The summed E-state index contributed by atoms with van der Waals surface area (Å²) in [6.07, 6.45) is 0. The van der Waals surface area contributed by atoms with Gasteiger partial charge in [-0.25, -0.2) is 4.98 Å². The monoisotopic (exact) mass is 380 g/mol. The van der Waals surface area contributed by atoms with Crippen LogP contribution in [0.2, 0.25) is 0 Å². The van der Waals surface area contributed by atoms with Crippen molar-refractivity contribution in [2.75, 3.05) is 5.32 Å². The van der Waals surface area contributed by atoms with Gasteiger partial charge in [0, 0.05) is 11.3 Å². The van der Waals surface area contributed by atoms with Gasteiger partial charge in [0.2, 0.25) is 0 Å². The molecule has 1 amide bonds. The quantitative estimate of drug-likeness (QED) is 0.624. The minimum atomic E-state index is -0.243. The molecule has 0 aliphatic carbocycles. The number of anilines is 1. The summed E-state index contributed by atoms with van der Waals surface area (Å²) in [5.41, 5.74) is 2.96. The van der Waals surface area contributed by atoms with E-state index in [9.17, 15) is 9.59 Å². The highest BCUT2D eigenvalue weighted by atomic mass is 32.1. The molecule has 0 aliphatic heterocycles. The van der Waals surface area contributed by atoms with Crippen molar-refractivity contribution >= 4 is 28.7 Å². The molecule has 0 spiro atoms. The molecule has 1 aromatic heterocycles. The molecule has 27 heavy (non-hydrogen) atoms. The fourth-order valence-electron chi connectivity index (χ4n) is 2.51. The van der Waals surface area contributed by atoms with Crippen molar-refractivity contribution in [3.8, 4) is 5.75 Å². The van der Waals surface area contributed by atoms with E-state index >= 15 is 0 Å². The molecule has 0 saturated heterocycles. The van der Waals surface area contributed by atoms with E-state index < -0.39 is 0 Å². The van der Waals surface area contributed by atoms with Gasteiger partial charge in [0.25, 0.3) is 5.91 Å². The SMILES string of the molecule is CC(=O)c1cccc(NC(=O)c2sc(COc3ccc(C)cc3)nc2C)c1. The first-order valence-electron chi connectivity index (χ1n) is 8.50. The van der Waals surface area contributed by atoms with Gasteiger partial charge < -0.3 is 10.1 Å². The lowest BCUT2D eigenvalue weighted by Gasteiger charge is -2.05. The second-order valence-electron chi connectivity index (χ2n) is 6.21. The van der Waals surface area contributed by atoms with Gasteiger partial charge in [-0.1, -0.05) is 29.8 Å². The van der Waals surface area contributed by atoms with E-state index in [1.807, 2.05) is 31.2 Å². The number of ether oxygens (including phenoxy) is 1. The van der Waals surface area contributed by atoms with Crippen LogP contribution in [0.1, 0.15) is 43.2 Å². The molecule has 0 aliphatic rings. The van der Waals surface area contributed by atoms with Crippen LogP contribution >= 0.6 is 11.3 Å². The van der Waals surface area contributed by atoms with Gasteiger partial charge in [0.1, 0.15) is 22.2 Å². The topological polar surface area (TPSA) is 68.3 Å². The van der Waals surface area contributed by atoms with E-state index in [1.165, 1.54) is 23.8 Å². The van der Waals surface area contributed by atoms with Gasteiger partial charge in [-0.05, 0) is 45.0 Å². The van der Waals surface area contributed by atoms with Crippen molar-refractivity contribution in [2.24, 2.45) is 0 Å². The van der Waals surface area contributed by atoms with Crippen LogP contribution in [0.4, 0.5) is 5.69 Å². The van der Waals surface area contributed by atoms with E-state index in [-0.39, 0.29) is 11.7 Å². The minimum absolute atomic E-state index is 0.0457. The summed E-state index contributed by atoms with van der Waals surface area (Å²) in [7, 11) is 0. The molecule has 0 fully saturated rings. The Kier molecular flexibility index (Phi) is 5.66. The van der Waals surface area contributed by atoms with Gasteiger partial charge >= 0.3 is 0 Å². The Labute approximate surface area is 162 Å². The third-order valence-corrected chi connectivity index (χ3v) is 5.09. The van der Waals surface area contributed by atoms with Crippen molar-refractivity contribution in [3.05, 3.63) is 75.2 Å². The fraction of sp³-hybridized carbons (Fsp3) is 0.190. The van der Waals surface area contributed by atoms with Crippen LogP contribution in [0.5, 0.6) is 5.75 Å². The summed E-state index contributed by atoms with van der Waals surface area (Å²) in [5, 5.41) is 3.56. The van der Waals surface area contributed by atoms with Crippen molar-refractivity contribution < 1.29 is 14.3 Å². The van der Waals surface area contributed by atoms with E-state index in [4.69, 9.17) is 4.74 Å². The predicted octanol–water partition coefficient (Wildman–Crippen LogP) is 4.79. The number of carbonyl (C=O) groups excluding carboxylic acids is 2. The smallest absolute Gasteiger partial charge is 0.267 e. The Hall–Kier alpha value is -2.99. The summed E-state index contributed by atoms with van der Waals surface area (Å²) in [6.45, 7) is 5.62. The Balaban J connectivity index is 1.68. The maximum absolute atomic E-state index is 12.6. The first kappa shape index (κ1) is 18.8. The molecule has 0 saturated carbocycles. The molecule has 1 N–H and O–H groups in total. The molecular weight excluding hydrogens is 360 g/mol. The van der Waals surface area contributed by atoms with Crippen LogP contribution in [0.3, 0.4) is 0 Å². The Morgan fingerprint density at radius 3 is 2.56 bits per heavy atom. The largest absolute Gasteiger partial charge is 0.486 e. The maximum Gasteiger partial charge on any atom is 0.267 e. The zero-order chi connectivity index (χ0) is 19.4. The summed E-state index contributed by atoms with van der Waals surface area (Å²) in [5.74, 6) is 0.475. The summed E-state index contributed by atoms with van der Waals surface area (Å²) < 4.78 is 5.73. The lowest BCUT2D eigenvalue weighted by atomic mass is 10.1. The second kappa shape index (κ2) is 8.14. The Bertz CT molecular complexity index is 977. The van der Waals surface area contributed by atoms with Gasteiger partial charge in [0.15, 0.2) is 5.78 Å². The number of nitrogens with one attached hydrogen (secondary N) is 1. The number of benzene rings is 2. The fourth-order valence-corrected chi connectivity index (χ4v) is 3.38. The number of aryl methyl sites for hydroxylation is 2. The lowest BCUT2D eigenvalue weighted by molar-refractivity contribution is 0.101. The predicted molar refractivity (Wildman–Crippen MR) is 107 cm³/mol. The minimum Gasteiger partial charge on any atom is -0.486 e. The lowest BCUT2D eigenvalue weighted by Crippen LogP contribution is -2.11. The molecular formula is C21H20N2O3S. The number of nitrogens with zero attached hydrogens (tertiary/aromatic N) is 1. The van der Waals surface area contributed by atoms with Crippen LogP contribution in [-0.2, 0) is 6.61 Å². The first-order chi connectivity index (χ1) is 12.9. The number of thiazole rings is 1. The maximum atomic E-state index is 12.6. The zero-order valence-electron chi connectivity index (χ0n) is 15.4. The van der Waals surface area contributed by atoms with E-state index in [2.05, 4.69) is 10.3 Å². The number of rotatable bonds is 6. The molecule has 3 rings (SSSR count). The highest BCUT2D eigenvalue weighted by Crippen LogP contribution is 2.22. The van der Waals surface area contributed by atoms with Crippen molar-refractivity contribution in [2.45, 2.75) is 27.4 Å². The van der Waals surface area contributed by atoms with Gasteiger partial charge in [0.05, 0.1) is 5.69 Å².